The van der Waals surface area contributed by atoms with E-state index in [1.807, 2.05) is 32.9 Å². The molecule has 2 aromatic heterocycles. The van der Waals surface area contributed by atoms with E-state index in [1.165, 1.54) is 29.2 Å². The summed E-state index contributed by atoms with van der Waals surface area (Å²) in [6.07, 6.45) is 2.61. The van der Waals surface area contributed by atoms with Gasteiger partial charge in [-0.05, 0) is 37.5 Å². The minimum atomic E-state index is -0.715. The molecule has 0 unspecified atom stereocenters. The number of esters is 1. The molecule has 3 aromatic rings. The number of aromatic nitrogens is 2. The number of thioether (sulfide) groups is 1. The van der Waals surface area contributed by atoms with Gasteiger partial charge in [0, 0.05) is 12.0 Å². The average molecular weight is 504 g/mol. The molecule has 0 aliphatic heterocycles. The van der Waals surface area contributed by atoms with E-state index in [-0.39, 0.29) is 24.2 Å². The summed E-state index contributed by atoms with van der Waals surface area (Å²) in [4.78, 5) is 36.5. The molecular weight excluding hydrogens is 478 g/mol. The van der Waals surface area contributed by atoms with Crippen LogP contribution in [-0.4, -0.2) is 28.7 Å². The van der Waals surface area contributed by atoms with Crippen LogP contribution in [0.2, 0.25) is 0 Å². The second-order valence-corrected chi connectivity index (χ2v) is 9.52. The maximum atomic E-state index is 12.3. The van der Waals surface area contributed by atoms with Gasteiger partial charge in [-0.15, -0.1) is 10.2 Å². The molecule has 0 spiro atoms. The molecule has 0 atom stereocenters. The van der Waals surface area contributed by atoms with Gasteiger partial charge in [0.2, 0.25) is 22.2 Å². The van der Waals surface area contributed by atoms with Crippen LogP contribution >= 0.6 is 23.1 Å². The van der Waals surface area contributed by atoms with Crippen molar-refractivity contribution < 1.29 is 23.5 Å². The number of hydrogen-bond acceptors (Lipinski definition) is 10. The quantitative estimate of drug-likeness (QED) is 0.230. The minimum Gasteiger partial charge on any atom is -0.482 e. The molecule has 2 heterocycles. The topological polar surface area (TPSA) is 121 Å². The molecule has 3 rings (SSSR count). The molecular formula is C23H25N3O6S2. The van der Waals surface area contributed by atoms with Crippen LogP contribution in [0.5, 0.6) is 11.5 Å². The van der Waals surface area contributed by atoms with Crippen LogP contribution in [0.3, 0.4) is 0 Å². The van der Waals surface area contributed by atoms with E-state index < -0.39 is 11.4 Å². The zero-order chi connectivity index (χ0) is 24.5. The van der Waals surface area contributed by atoms with Gasteiger partial charge < -0.3 is 19.2 Å². The highest BCUT2D eigenvalue weighted by molar-refractivity contribution is 8.00. The smallest absolute Gasteiger partial charge is 0.349 e. The molecule has 0 radical (unpaired) electrons. The summed E-state index contributed by atoms with van der Waals surface area (Å²) in [6.45, 7) is 5.50. The van der Waals surface area contributed by atoms with E-state index >= 15 is 0 Å². The Morgan fingerprint density at radius 1 is 1.21 bits per heavy atom. The van der Waals surface area contributed by atoms with Crippen molar-refractivity contribution in [3.05, 3.63) is 58.1 Å². The van der Waals surface area contributed by atoms with Gasteiger partial charge in [-0.1, -0.05) is 49.1 Å². The molecule has 0 aliphatic rings. The first-order valence-electron chi connectivity index (χ1n) is 10.7. The van der Waals surface area contributed by atoms with Crippen LogP contribution in [0.15, 0.2) is 50.1 Å². The van der Waals surface area contributed by atoms with Crippen LogP contribution in [0.1, 0.15) is 38.0 Å². The Hall–Kier alpha value is -3.18. The third-order valence-corrected chi connectivity index (χ3v) is 6.75. The van der Waals surface area contributed by atoms with Gasteiger partial charge >= 0.3 is 5.97 Å². The van der Waals surface area contributed by atoms with E-state index in [0.29, 0.717) is 26.7 Å². The lowest BCUT2D eigenvalue weighted by molar-refractivity contribution is -0.136. The lowest BCUT2D eigenvalue weighted by atomic mass is 10.0. The Kier molecular flexibility index (Phi) is 9.23. The number of rotatable bonds is 11. The highest BCUT2D eigenvalue weighted by Crippen LogP contribution is 2.28. The first kappa shape index (κ1) is 25.4. The second-order valence-electron chi connectivity index (χ2n) is 7.32. The van der Waals surface area contributed by atoms with Crippen molar-refractivity contribution in [1.82, 2.24) is 10.2 Å². The van der Waals surface area contributed by atoms with Gasteiger partial charge in [-0.3, -0.25) is 9.59 Å². The zero-order valence-electron chi connectivity index (χ0n) is 19.0. The highest BCUT2D eigenvalue weighted by Gasteiger charge is 2.17. The fourth-order valence-corrected chi connectivity index (χ4v) is 4.55. The predicted octanol–water partition coefficient (Wildman–Crippen LogP) is 4.45. The van der Waals surface area contributed by atoms with E-state index in [0.717, 1.165) is 24.7 Å². The van der Waals surface area contributed by atoms with Gasteiger partial charge in [0.1, 0.15) is 17.8 Å². The Balaban J connectivity index is 1.49. The number of hydrogen-bond donors (Lipinski definition) is 1. The maximum Gasteiger partial charge on any atom is 0.349 e. The number of anilines is 1. The SMILES string of the molecule is CCC(CC)C(=O)Nc1nnc(SCc2cc(=O)c(OC(=O)COc3cccc(C)c3)co2)s1. The molecule has 1 aromatic carbocycles. The van der Waals surface area contributed by atoms with Crippen LogP contribution in [-0.2, 0) is 15.3 Å². The Morgan fingerprint density at radius 3 is 2.71 bits per heavy atom. The van der Waals surface area contributed by atoms with Crippen molar-refractivity contribution in [1.29, 1.82) is 0 Å². The van der Waals surface area contributed by atoms with Crippen molar-refractivity contribution in [3.63, 3.8) is 0 Å². The molecule has 9 nitrogen and oxygen atoms in total. The third kappa shape index (κ3) is 7.42. The second kappa shape index (κ2) is 12.3. The zero-order valence-corrected chi connectivity index (χ0v) is 20.7. The number of benzene rings is 1. The van der Waals surface area contributed by atoms with E-state index in [9.17, 15) is 14.4 Å². The maximum absolute atomic E-state index is 12.3. The predicted molar refractivity (Wildman–Crippen MR) is 129 cm³/mol. The Bertz CT molecular complexity index is 1190. The van der Waals surface area contributed by atoms with Crippen LogP contribution in [0.25, 0.3) is 0 Å². The number of amides is 1. The monoisotopic (exact) mass is 503 g/mol. The molecule has 0 fully saturated rings. The van der Waals surface area contributed by atoms with Crippen molar-refractivity contribution in [2.24, 2.45) is 5.92 Å². The van der Waals surface area contributed by atoms with Gasteiger partial charge in [0.05, 0.1) is 5.75 Å². The van der Waals surface area contributed by atoms with Gasteiger partial charge in [0.15, 0.2) is 10.9 Å². The van der Waals surface area contributed by atoms with Crippen LogP contribution in [0.4, 0.5) is 5.13 Å². The summed E-state index contributed by atoms with van der Waals surface area (Å²) < 4.78 is 16.5. The number of ether oxygens (including phenoxy) is 2. The van der Waals surface area contributed by atoms with E-state index in [2.05, 4.69) is 15.5 Å². The molecule has 0 bridgehead atoms. The summed E-state index contributed by atoms with van der Waals surface area (Å²) >= 11 is 2.55. The molecule has 1 amide bonds. The van der Waals surface area contributed by atoms with Crippen molar-refractivity contribution in [2.45, 2.75) is 43.7 Å². The molecule has 180 valence electrons. The average Bonchev–Trinajstić information content (AvgIpc) is 3.26. The first-order chi connectivity index (χ1) is 16.4. The van der Waals surface area contributed by atoms with Crippen LogP contribution in [0, 0.1) is 12.8 Å². The minimum absolute atomic E-state index is 0.0593. The number of nitrogens with zero attached hydrogens (tertiary/aromatic N) is 2. The number of aryl methyl sites for hydroxylation is 1. The van der Waals surface area contributed by atoms with Crippen LogP contribution < -0.4 is 20.2 Å². The third-order valence-electron chi connectivity index (χ3n) is 4.75. The molecule has 1 N–H and O–H groups in total. The number of nitrogens with one attached hydrogen (secondary N) is 1. The number of carbonyl (C=O) groups is 2. The first-order valence-corrected chi connectivity index (χ1v) is 12.5. The molecule has 0 saturated heterocycles. The summed E-state index contributed by atoms with van der Waals surface area (Å²) in [5.74, 6) is 0.167. The van der Waals surface area contributed by atoms with Crippen molar-refractivity contribution in [2.75, 3.05) is 11.9 Å². The summed E-state index contributed by atoms with van der Waals surface area (Å²) in [5, 5.41) is 11.2. The van der Waals surface area contributed by atoms with E-state index in [4.69, 9.17) is 13.9 Å². The number of carbonyl (C=O) groups excluding carboxylic acids is 2. The Morgan fingerprint density at radius 2 is 2.00 bits per heavy atom. The van der Waals surface area contributed by atoms with Gasteiger partial charge in [0.25, 0.3) is 0 Å². The van der Waals surface area contributed by atoms with Gasteiger partial charge in [-0.2, -0.15) is 0 Å². The highest BCUT2D eigenvalue weighted by atomic mass is 32.2. The van der Waals surface area contributed by atoms with E-state index in [1.54, 1.807) is 12.1 Å². The lowest BCUT2D eigenvalue weighted by Crippen LogP contribution is -2.21. The van der Waals surface area contributed by atoms with Gasteiger partial charge in [-0.25, -0.2) is 4.79 Å². The molecule has 11 heteroatoms. The fraction of sp³-hybridized carbons (Fsp3) is 0.348. The normalized spacial score (nSPS) is 10.8. The summed E-state index contributed by atoms with van der Waals surface area (Å²) in [6, 6.07) is 8.49. The fourth-order valence-electron chi connectivity index (χ4n) is 2.91. The summed E-state index contributed by atoms with van der Waals surface area (Å²) in [5.41, 5.74) is 0.511. The molecule has 0 saturated carbocycles. The molecule has 34 heavy (non-hydrogen) atoms. The lowest BCUT2D eigenvalue weighted by Gasteiger charge is -2.09. The summed E-state index contributed by atoms with van der Waals surface area (Å²) in [7, 11) is 0. The standard InChI is InChI=1S/C23H25N3O6S2/c1-4-15(5-2)21(29)24-22-25-26-23(34-22)33-13-17-10-18(27)19(11-30-17)32-20(28)12-31-16-8-6-7-14(3)9-16/h6-11,15H,4-5,12-13H2,1-3H3,(H,24,25,29). The molecule has 0 aliphatic carbocycles. The van der Waals surface area contributed by atoms with Crippen molar-refractivity contribution >= 4 is 40.1 Å². The van der Waals surface area contributed by atoms with Crippen molar-refractivity contribution in [3.8, 4) is 11.5 Å². The largest absolute Gasteiger partial charge is 0.482 e. The Labute approximate surface area is 204 Å².